The van der Waals surface area contributed by atoms with E-state index in [-0.39, 0.29) is 23.4 Å². The zero-order valence-electron chi connectivity index (χ0n) is 16.7. The second-order valence-corrected chi connectivity index (χ2v) is 8.46. The molecule has 1 aliphatic rings. The summed E-state index contributed by atoms with van der Waals surface area (Å²) < 4.78 is 1.42. The van der Waals surface area contributed by atoms with Crippen LogP contribution in [0.2, 0.25) is 0 Å². The summed E-state index contributed by atoms with van der Waals surface area (Å²) in [4.78, 5) is 24.0. The Morgan fingerprint density at radius 1 is 1.04 bits per heavy atom. The lowest BCUT2D eigenvalue weighted by molar-refractivity contribution is 0.218. The number of rotatable bonds is 3. The average Bonchev–Trinajstić information content (AvgIpc) is 3.07. The Kier molecular flexibility index (Phi) is 5.91. The van der Waals surface area contributed by atoms with Crippen LogP contribution in [0.4, 0.5) is 0 Å². The molecule has 1 aliphatic heterocycles. The Balaban J connectivity index is 0.00000225. The van der Waals surface area contributed by atoms with Crippen LogP contribution in [-0.2, 0) is 12.0 Å². The third-order valence-corrected chi connectivity index (χ3v) is 5.24. The molecule has 28 heavy (non-hydrogen) atoms. The van der Waals surface area contributed by atoms with Crippen LogP contribution in [-0.4, -0.2) is 37.6 Å². The highest BCUT2D eigenvalue weighted by Crippen LogP contribution is 2.24. The Hall–Kier alpha value is -2.18. The molecule has 2 aromatic heterocycles. The van der Waals surface area contributed by atoms with Crippen LogP contribution >= 0.6 is 12.4 Å². The van der Waals surface area contributed by atoms with Crippen molar-refractivity contribution in [2.24, 2.45) is 0 Å². The molecule has 0 unspecified atom stereocenters. The van der Waals surface area contributed by atoms with Crippen molar-refractivity contribution in [1.82, 2.24) is 24.5 Å². The average molecular weight is 402 g/mol. The van der Waals surface area contributed by atoms with E-state index in [0.29, 0.717) is 18.1 Å². The minimum Gasteiger partial charge on any atom is -0.298 e. The van der Waals surface area contributed by atoms with Crippen molar-refractivity contribution in [1.29, 1.82) is 0 Å². The van der Waals surface area contributed by atoms with E-state index in [1.165, 1.54) is 29.3 Å². The van der Waals surface area contributed by atoms with Gasteiger partial charge in [-0.1, -0.05) is 51.5 Å². The van der Waals surface area contributed by atoms with Gasteiger partial charge >= 0.3 is 0 Å². The molecule has 0 bridgehead atoms. The van der Waals surface area contributed by atoms with Gasteiger partial charge in [0.2, 0.25) is 0 Å². The number of nitrogens with one attached hydrogen (secondary N) is 1. The first kappa shape index (κ1) is 20.6. The fraction of sp³-hybridized carbons (Fsp3) is 0.476. The van der Waals surface area contributed by atoms with Crippen molar-refractivity contribution in [2.75, 3.05) is 13.1 Å². The molecule has 3 aromatic rings. The summed E-state index contributed by atoms with van der Waals surface area (Å²) in [7, 11) is 0. The third-order valence-electron chi connectivity index (χ3n) is 5.24. The van der Waals surface area contributed by atoms with Gasteiger partial charge in [-0.2, -0.15) is 9.50 Å². The van der Waals surface area contributed by atoms with E-state index >= 15 is 0 Å². The molecule has 0 atom stereocenters. The predicted octanol–water partition coefficient (Wildman–Crippen LogP) is 3.79. The Morgan fingerprint density at radius 2 is 1.71 bits per heavy atom. The van der Waals surface area contributed by atoms with Crippen LogP contribution in [0.3, 0.4) is 0 Å². The number of fused-ring (bicyclic) bond motifs is 1. The highest BCUT2D eigenvalue weighted by atomic mass is 35.5. The Labute approximate surface area is 171 Å². The van der Waals surface area contributed by atoms with E-state index in [9.17, 15) is 4.79 Å². The summed E-state index contributed by atoms with van der Waals surface area (Å²) in [5.74, 6) is 1.10. The highest BCUT2D eigenvalue weighted by molar-refractivity contribution is 5.85. The van der Waals surface area contributed by atoms with Crippen LogP contribution in [0.15, 0.2) is 35.1 Å². The number of benzene rings is 1. The summed E-state index contributed by atoms with van der Waals surface area (Å²) in [6, 6.07) is 9.92. The summed E-state index contributed by atoms with van der Waals surface area (Å²) in [5.41, 5.74) is 3.00. The van der Waals surface area contributed by atoms with Crippen molar-refractivity contribution in [3.05, 3.63) is 51.9 Å². The first-order chi connectivity index (χ1) is 12.9. The fourth-order valence-electron chi connectivity index (χ4n) is 3.61. The molecule has 1 fully saturated rings. The van der Waals surface area contributed by atoms with Gasteiger partial charge in [0.05, 0.1) is 5.69 Å². The SMILES string of the molecule is CC(C)(C)c1ccc(-c2nc3nc(CN4CCCCC4)cc(=O)n3[nH]2)cc1.Cl. The van der Waals surface area contributed by atoms with E-state index in [2.05, 4.69) is 52.9 Å². The molecule has 0 aliphatic carbocycles. The smallest absolute Gasteiger partial charge is 0.274 e. The number of aromatic nitrogens is 4. The number of hydrogen-bond donors (Lipinski definition) is 1. The number of hydrogen-bond acceptors (Lipinski definition) is 4. The lowest BCUT2D eigenvalue weighted by Crippen LogP contribution is -2.30. The van der Waals surface area contributed by atoms with Crippen LogP contribution in [0.5, 0.6) is 0 Å². The summed E-state index contributed by atoms with van der Waals surface area (Å²) in [6.45, 7) is 9.44. The molecule has 1 saturated heterocycles. The van der Waals surface area contributed by atoms with Crippen molar-refractivity contribution in [2.45, 2.75) is 52.0 Å². The largest absolute Gasteiger partial charge is 0.298 e. The van der Waals surface area contributed by atoms with Crippen molar-refractivity contribution < 1.29 is 0 Å². The zero-order chi connectivity index (χ0) is 19.0. The number of piperidine rings is 1. The zero-order valence-corrected chi connectivity index (χ0v) is 17.6. The van der Waals surface area contributed by atoms with Crippen LogP contribution in [0, 0.1) is 0 Å². The maximum absolute atomic E-state index is 12.5. The summed E-state index contributed by atoms with van der Waals surface area (Å²) >= 11 is 0. The van der Waals surface area contributed by atoms with E-state index in [1.807, 2.05) is 12.1 Å². The van der Waals surface area contributed by atoms with Gasteiger partial charge in [-0.15, -0.1) is 12.4 Å². The summed E-state index contributed by atoms with van der Waals surface area (Å²) in [6.07, 6.45) is 3.74. The fourth-order valence-corrected chi connectivity index (χ4v) is 3.61. The molecule has 1 aromatic carbocycles. The maximum Gasteiger partial charge on any atom is 0.274 e. The Morgan fingerprint density at radius 3 is 2.36 bits per heavy atom. The molecule has 3 heterocycles. The van der Waals surface area contributed by atoms with Crippen LogP contribution in [0.1, 0.15) is 51.3 Å². The molecule has 6 nitrogen and oxygen atoms in total. The normalized spacial score (nSPS) is 15.5. The molecular weight excluding hydrogens is 374 g/mol. The molecule has 1 N–H and O–H groups in total. The molecule has 7 heteroatoms. The predicted molar refractivity (Wildman–Crippen MR) is 114 cm³/mol. The van der Waals surface area contributed by atoms with Gasteiger partial charge in [0.25, 0.3) is 11.3 Å². The maximum atomic E-state index is 12.5. The van der Waals surface area contributed by atoms with Gasteiger partial charge in [-0.3, -0.25) is 14.8 Å². The number of aromatic amines is 1. The van der Waals surface area contributed by atoms with Crippen LogP contribution in [0.25, 0.3) is 17.2 Å². The Bertz CT molecular complexity index is 994. The van der Waals surface area contributed by atoms with E-state index in [1.54, 1.807) is 6.07 Å². The van der Waals surface area contributed by atoms with Gasteiger partial charge in [-0.05, 0) is 36.9 Å². The van der Waals surface area contributed by atoms with E-state index < -0.39 is 0 Å². The highest BCUT2D eigenvalue weighted by Gasteiger charge is 2.16. The van der Waals surface area contributed by atoms with Gasteiger partial charge in [0.15, 0.2) is 5.82 Å². The molecule has 0 amide bonds. The summed E-state index contributed by atoms with van der Waals surface area (Å²) in [5, 5.41) is 3.09. The second kappa shape index (κ2) is 8.05. The molecule has 150 valence electrons. The standard InChI is InChI=1S/C21H27N5O.ClH/c1-21(2,3)16-9-7-15(8-10-16)19-23-20-22-17(13-18(27)26(20)24-19)14-25-11-5-4-6-12-25;/h7-10,13H,4-6,11-12,14H2,1-3H3,(H,22,23,24);1H. The monoisotopic (exact) mass is 401 g/mol. The third kappa shape index (κ3) is 4.28. The minimum atomic E-state index is -0.114. The van der Waals surface area contributed by atoms with Gasteiger partial charge in [0, 0.05) is 18.2 Å². The van der Waals surface area contributed by atoms with Gasteiger partial charge < -0.3 is 0 Å². The number of H-pyrrole nitrogens is 1. The molecule has 0 radical (unpaired) electrons. The first-order valence-electron chi connectivity index (χ1n) is 9.72. The topological polar surface area (TPSA) is 66.3 Å². The second-order valence-electron chi connectivity index (χ2n) is 8.46. The quantitative estimate of drug-likeness (QED) is 0.725. The molecule has 0 spiro atoms. The van der Waals surface area contributed by atoms with Gasteiger partial charge in [0.1, 0.15) is 0 Å². The van der Waals surface area contributed by atoms with Crippen molar-refractivity contribution in [3.63, 3.8) is 0 Å². The lowest BCUT2D eigenvalue weighted by atomic mass is 9.87. The number of halogens is 1. The first-order valence-corrected chi connectivity index (χ1v) is 9.72. The number of nitrogens with zero attached hydrogens (tertiary/aromatic N) is 4. The van der Waals surface area contributed by atoms with Gasteiger partial charge in [-0.25, -0.2) is 4.98 Å². The van der Waals surface area contributed by atoms with E-state index in [0.717, 1.165) is 24.3 Å². The van der Waals surface area contributed by atoms with Crippen molar-refractivity contribution in [3.8, 4) is 11.4 Å². The minimum absolute atomic E-state index is 0. The lowest BCUT2D eigenvalue weighted by Gasteiger charge is -2.25. The number of likely N-dealkylation sites (tertiary alicyclic amines) is 1. The van der Waals surface area contributed by atoms with Crippen LogP contribution < -0.4 is 5.56 Å². The molecule has 4 rings (SSSR count). The van der Waals surface area contributed by atoms with Crippen molar-refractivity contribution >= 4 is 18.2 Å². The van der Waals surface area contributed by atoms with E-state index in [4.69, 9.17) is 0 Å². The molecular formula is C21H28ClN5O. The molecule has 0 saturated carbocycles.